The molecule has 1 N–H and O–H groups in total. The topological polar surface area (TPSA) is 55.4 Å². The van der Waals surface area contributed by atoms with E-state index in [1.165, 1.54) is 7.11 Å². The van der Waals surface area contributed by atoms with E-state index in [4.69, 9.17) is 0 Å². The summed E-state index contributed by atoms with van der Waals surface area (Å²) in [6, 6.07) is -0.103. The van der Waals surface area contributed by atoms with E-state index in [-0.39, 0.29) is 17.8 Å². The lowest BCUT2D eigenvalue weighted by Gasteiger charge is -2.25. The average Bonchev–Trinajstić information content (AvgIpc) is 2.01. The second-order valence-corrected chi connectivity index (χ2v) is 2.51. The lowest BCUT2D eigenvalue weighted by molar-refractivity contribution is -0.141. The molecule has 62 valence electrons. The Bertz CT molecular complexity index is 179. The van der Waals surface area contributed by atoms with Gasteiger partial charge in [0.1, 0.15) is 0 Å². The van der Waals surface area contributed by atoms with Crippen LogP contribution in [0, 0.1) is 0 Å². The minimum Gasteiger partial charge on any atom is -0.469 e. The molecule has 0 radical (unpaired) electrons. The zero-order chi connectivity index (χ0) is 8.27. The molecule has 0 unspecified atom stereocenters. The predicted octanol–water partition coefficient (Wildman–Crippen LogP) is -0.520. The number of ketones is 1. The molecule has 1 fully saturated rings. The van der Waals surface area contributed by atoms with Crippen LogP contribution in [0.15, 0.2) is 0 Å². The summed E-state index contributed by atoms with van der Waals surface area (Å²) in [5.74, 6) is -0.0691. The molecule has 1 aliphatic heterocycles. The SMILES string of the molecule is COC(=O)CC[C@@H]1NCC1=O. The van der Waals surface area contributed by atoms with Crippen molar-refractivity contribution < 1.29 is 14.3 Å². The summed E-state index contributed by atoms with van der Waals surface area (Å²) in [4.78, 5) is 21.3. The van der Waals surface area contributed by atoms with Gasteiger partial charge in [-0.2, -0.15) is 0 Å². The van der Waals surface area contributed by atoms with Crippen molar-refractivity contribution in [3.8, 4) is 0 Å². The minimum absolute atomic E-state index is 0.103. The van der Waals surface area contributed by atoms with Crippen molar-refractivity contribution in [2.45, 2.75) is 18.9 Å². The van der Waals surface area contributed by atoms with Crippen molar-refractivity contribution in [3.05, 3.63) is 0 Å². The van der Waals surface area contributed by atoms with Gasteiger partial charge < -0.3 is 10.1 Å². The van der Waals surface area contributed by atoms with Crippen LogP contribution in [0.4, 0.5) is 0 Å². The molecule has 1 aliphatic rings. The number of hydrogen-bond donors (Lipinski definition) is 1. The highest BCUT2D eigenvalue weighted by Gasteiger charge is 2.27. The highest BCUT2D eigenvalue weighted by Crippen LogP contribution is 2.05. The maximum Gasteiger partial charge on any atom is 0.305 e. The quantitative estimate of drug-likeness (QED) is 0.560. The van der Waals surface area contributed by atoms with Crippen LogP contribution in [0.3, 0.4) is 0 Å². The summed E-state index contributed by atoms with van der Waals surface area (Å²) in [6.45, 7) is 0.450. The molecule has 0 aromatic rings. The molecule has 4 nitrogen and oxygen atoms in total. The zero-order valence-corrected chi connectivity index (χ0v) is 6.42. The Kier molecular flexibility index (Phi) is 2.59. The molecule has 4 heteroatoms. The van der Waals surface area contributed by atoms with E-state index >= 15 is 0 Å². The Labute approximate surface area is 64.9 Å². The fraction of sp³-hybridized carbons (Fsp3) is 0.714. The van der Waals surface area contributed by atoms with E-state index in [1.807, 2.05) is 0 Å². The Morgan fingerprint density at radius 1 is 1.82 bits per heavy atom. The number of ether oxygens (including phenoxy) is 1. The molecule has 11 heavy (non-hydrogen) atoms. The van der Waals surface area contributed by atoms with Gasteiger partial charge in [0.25, 0.3) is 0 Å². The smallest absolute Gasteiger partial charge is 0.305 e. The van der Waals surface area contributed by atoms with Gasteiger partial charge in [-0.05, 0) is 6.42 Å². The predicted molar refractivity (Wildman–Crippen MR) is 38.0 cm³/mol. The Balaban J connectivity index is 2.12. The van der Waals surface area contributed by atoms with Crippen molar-refractivity contribution in [3.63, 3.8) is 0 Å². The molecule has 1 saturated heterocycles. The number of hydrogen-bond acceptors (Lipinski definition) is 4. The molecular weight excluding hydrogens is 146 g/mol. The van der Waals surface area contributed by atoms with Gasteiger partial charge in [-0.1, -0.05) is 0 Å². The number of nitrogens with one attached hydrogen (secondary N) is 1. The second-order valence-electron chi connectivity index (χ2n) is 2.51. The van der Waals surface area contributed by atoms with Gasteiger partial charge in [0.05, 0.1) is 19.7 Å². The highest BCUT2D eigenvalue weighted by atomic mass is 16.5. The maximum atomic E-state index is 10.7. The Morgan fingerprint density at radius 2 is 2.55 bits per heavy atom. The second kappa shape index (κ2) is 3.48. The average molecular weight is 157 g/mol. The molecule has 1 atom stereocenters. The van der Waals surface area contributed by atoms with Gasteiger partial charge >= 0.3 is 5.97 Å². The van der Waals surface area contributed by atoms with Gasteiger partial charge in [0.2, 0.25) is 0 Å². The first-order valence-electron chi connectivity index (χ1n) is 3.57. The summed E-state index contributed by atoms with van der Waals surface area (Å²) >= 11 is 0. The van der Waals surface area contributed by atoms with Crippen molar-refractivity contribution in [2.75, 3.05) is 13.7 Å². The lowest BCUT2D eigenvalue weighted by atomic mass is 10.0. The molecule has 1 rings (SSSR count). The van der Waals surface area contributed by atoms with Crippen LogP contribution in [0.1, 0.15) is 12.8 Å². The number of methoxy groups -OCH3 is 1. The van der Waals surface area contributed by atoms with Crippen LogP contribution in [0.25, 0.3) is 0 Å². The first-order chi connectivity index (χ1) is 5.24. The Morgan fingerprint density at radius 3 is 2.91 bits per heavy atom. The number of carbonyl (C=O) groups excluding carboxylic acids is 2. The molecule has 0 aliphatic carbocycles. The molecular formula is C7H11NO3. The molecule has 0 aromatic heterocycles. The number of Topliss-reactive ketones (excluding diaryl/α,β-unsaturated/α-hetero) is 1. The maximum absolute atomic E-state index is 10.7. The van der Waals surface area contributed by atoms with E-state index in [2.05, 4.69) is 10.1 Å². The third-order valence-corrected chi connectivity index (χ3v) is 1.78. The van der Waals surface area contributed by atoms with Crippen LogP contribution in [0.2, 0.25) is 0 Å². The van der Waals surface area contributed by atoms with Crippen molar-refractivity contribution in [1.82, 2.24) is 5.32 Å². The van der Waals surface area contributed by atoms with E-state index in [1.54, 1.807) is 0 Å². The highest BCUT2D eigenvalue weighted by molar-refractivity contribution is 5.91. The van der Waals surface area contributed by atoms with Crippen LogP contribution in [-0.2, 0) is 14.3 Å². The van der Waals surface area contributed by atoms with Gasteiger partial charge in [-0.15, -0.1) is 0 Å². The van der Waals surface area contributed by atoms with Crippen LogP contribution in [0.5, 0.6) is 0 Å². The first-order valence-corrected chi connectivity index (χ1v) is 3.57. The third-order valence-electron chi connectivity index (χ3n) is 1.78. The summed E-state index contributed by atoms with van der Waals surface area (Å²) in [7, 11) is 1.35. The van der Waals surface area contributed by atoms with Crippen LogP contribution >= 0.6 is 0 Å². The van der Waals surface area contributed by atoms with E-state index in [0.29, 0.717) is 19.4 Å². The summed E-state index contributed by atoms with van der Waals surface area (Å²) in [5.41, 5.74) is 0. The number of carbonyl (C=O) groups is 2. The fourth-order valence-electron chi connectivity index (χ4n) is 0.957. The molecule has 0 aromatic carbocycles. The summed E-state index contributed by atoms with van der Waals surface area (Å²) < 4.78 is 4.43. The van der Waals surface area contributed by atoms with Gasteiger partial charge in [0.15, 0.2) is 5.78 Å². The fourth-order valence-corrected chi connectivity index (χ4v) is 0.957. The molecule has 0 saturated carbocycles. The largest absolute Gasteiger partial charge is 0.469 e. The van der Waals surface area contributed by atoms with Crippen molar-refractivity contribution >= 4 is 11.8 Å². The van der Waals surface area contributed by atoms with Crippen molar-refractivity contribution in [1.29, 1.82) is 0 Å². The van der Waals surface area contributed by atoms with E-state index in [0.717, 1.165) is 0 Å². The monoisotopic (exact) mass is 157 g/mol. The molecule has 1 heterocycles. The Hall–Kier alpha value is -0.900. The first kappa shape index (κ1) is 8.20. The normalized spacial score (nSPS) is 22.6. The van der Waals surface area contributed by atoms with Crippen LogP contribution in [-0.4, -0.2) is 31.4 Å². The molecule has 0 amide bonds. The summed E-state index contributed by atoms with van der Waals surface area (Å²) in [6.07, 6.45) is 0.880. The van der Waals surface area contributed by atoms with Crippen molar-refractivity contribution in [2.24, 2.45) is 0 Å². The number of rotatable bonds is 3. The minimum atomic E-state index is -0.258. The lowest BCUT2D eigenvalue weighted by Crippen LogP contribution is -2.53. The summed E-state index contributed by atoms with van der Waals surface area (Å²) in [5, 5.41) is 2.92. The van der Waals surface area contributed by atoms with Gasteiger partial charge in [0, 0.05) is 6.42 Å². The van der Waals surface area contributed by atoms with Gasteiger partial charge in [-0.25, -0.2) is 0 Å². The van der Waals surface area contributed by atoms with Gasteiger partial charge in [-0.3, -0.25) is 9.59 Å². The third kappa shape index (κ3) is 2.01. The zero-order valence-electron chi connectivity index (χ0n) is 6.42. The molecule has 0 bridgehead atoms. The standard InChI is InChI=1S/C7H11NO3/c1-11-7(10)3-2-5-6(9)4-8-5/h5,8H,2-4H2,1H3/t5-/m0/s1. The van der Waals surface area contributed by atoms with E-state index < -0.39 is 0 Å². The van der Waals surface area contributed by atoms with Crippen LogP contribution < -0.4 is 5.32 Å². The number of esters is 1. The molecule has 0 spiro atoms. The van der Waals surface area contributed by atoms with E-state index in [9.17, 15) is 9.59 Å².